The molecule has 5 nitrogen and oxygen atoms in total. The van der Waals surface area contributed by atoms with E-state index in [1.54, 1.807) is 12.1 Å². The van der Waals surface area contributed by atoms with Gasteiger partial charge < -0.3 is 16.4 Å². The highest BCUT2D eigenvalue weighted by Crippen LogP contribution is 2.34. The lowest BCUT2D eigenvalue weighted by Gasteiger charge is -2.18. The number of amides is 1. The predicted molar refractivity (Wildman–Crippen MR) is 115 cm³/mol. The summed E-state index contributed by atoms with van der Waals surface area (Å²) in [5.41, 5.74) is 11.6. The molecule has 152 valence electrons. The average molecular weight is 402 g/mol. The van der Waals surface area contributed by atoms with Crippen molar-refractivity contribution < 1.29 is 9.18 Å². The molecule has 2 aliphatic rings. The molecule has 3 aromatic rings. The summed E-state index contributed by atoms with van der Waals surface area (Å²) in [6, 6.07) is 15.6. The van der Waals surface area contributed by atoms with E-state index in [9.17, 15) is 9.18 Å². The first-order valence-corrected chi connectivity index (χ1v) is 10.3. The molecule has 2 aliphatic heterocycles. The number of hydrogen-bond donors (Lipinski definition) is 3. The largest absolute Gasteiger partial charge is 0.383 e. The molecule has 5 rings (SSSR count). The molecule has 0 bridgehead atoms. The molecule has 1 aromatic heterocycles. The maximum absolute atomic E-state index is 14.8. The molecule has 30 heavy (non-hydrogen) atoms. The summed E-state index contributed by atoms with van der Waals surface area (Å²) in [7, 11) is 0. The van der Waals surface area contributed by atoms with E-state index < -0.39 is 5.95 Å². The van der Waals surface area contributed by atoms with E-state index in [-0.39, 0.29) is 11.7 Å². The van der Waals surface area contributed by atoms with Gasteiger partial charge in [0.15, 0.2) is 0 Å². The molecule has 0 unspecified atom stereocenters. The monoisotopic (exact) mass is 402 g/mol. The molecule has 1 fully saturated rings. The number of benzene rings is 2. The van der Waals surface area contributed by atoms with Gasteiger partial charge in [0, 0.05) is 29.3 Å². The lowest BCUT2D eigenvalue weighted by Crippen LogP contribution is -2.31. The fourth-order valence-corrected chi connectivity index (χ4v) is 4.43. The minimum atomic E-state index is -0.579. The van der Waals surface area contributed by atoms with E-state index in [0.717, 1.165) is 48.1 Å². The first-order valence-electron chi connectivity index (χ1n) is 10.3. The van der Waals surface area contributed by atoms with Gasteiger partial charge >= 0.3 is 0 Å². The Hall–Kier alpha value is -3.25. The minimum absolute atomic E-state index is 0.0639. The van der Waals surface area contributed by atoms with E-state index in [4.69, 9.17) is 5.73 Å². The molecular weight excluding hydrogens is 379 g/mol. The number of nitrogen functional groups attached to an aromatic ring is 1. The number of carbonyl (C=O) groups excluding carboxylic acids is 1. The fraction of sp³-hybridized carbons (Fsp3) is 0.250. The van der Waals surface area contributed by atoms with Gasteiger partial charge in [-0.1, -0.05) is 30.3 Å². The summed E-state index contributed by atoms with van der Waals surface area (Å²) in [6.45, 7) is 1.62. The molecule has 0 spiro atoms. The summed E-state index contributed by atoms with van der Waals surface area (Å²) in [4.78, 5) is 16.0. The third-order valence-corrected chi connectivity index (χ3v) is 6.01. The highest BCUT2D eigenvalue weighted by molar-refractivity contribution is 5.97. The van der Waals surface area contributed by atoms with E-state index in [1.807, 2.05) is 30.3 Å². The van der Waals surface area contributed by atoms with Crippen LogP contribution < -0.4 is 16.4 Å². The molecular formula is C24H23FN4O. The summed E-state index contributed by atoms with van der Waals surface area (Å²) in [5, 5.41) is 6.33. The Morgan fingerprint density at radius 3 is 2.70 bits per heavy atom. The van der Waals surface area contributed by atoms with Crippen LogP contribution in [0.2, 0.25) is 0 Å². The molecule has 1 atom stereocenters. The third-order valence-electron chi connectivity index (χ3n) is 6.01. The number of pyridine rings is 1. The van der Waals surface area contributed by atoms with Crippen molar-refractivity contribution in [2.45, 2.75) is 25.3 Å². The maximum atomic E-state index is 14.8. The van der Waals surface area contributed by atoms with Gasteiger partial charge in [0.2, 0.25) is 5.95 Å². The predicted octanol–water partition coefficient (Wildman–Crippen LogP) is 3.85. The third kappa shape index (κ3) is 3.33. The second-order valence-electron chi connectivity index (χ2n) is 7.91. The van der Waals surface area contributed by atoms with Crippen LogP contribution in [0.5, 0.6) is 0 Å². The standard InChI is InChI=1S/C24H23FN4O/c25-22-19(14-3-1-4-17(12-14)21-5-2-9-27-21)13-20(23(26)29-22)15-6-7-18-16(11-15)8-10-28-24(18)30/h1,3-4,6-7,11-13,21,27H,2,5,8-10H2,(H2,26,29)(H,28,30)/t21-/m0/s1. The zero-order valence-electron chi connectivity index (χ0n) is 16.5. The molecule has 3 heterocycles. The topological polar surface area (TPSA) is 80.0 Å². The van der Waals surface area contributed by atoms with Crippen molar-refractivity contribution in [1.82, 2.24) is 15.6 Å². The SMILES string of the molecule is Nc1nc(F)c(-c2cccc([C@@H]3CCCN3)c2)cc1-c1ccc2c(c1)CCNC2=O. The van der Waals surface area contributed by atoms with Crippen LogP contribution in [0.1, 0.15) is 40.4 Å². The fourth-order valence-electron chi connectivity index (χ4n) is 4.43. The molecule has 1 saturated heterocycles. The lowest BCUT2D eigenvalue weighted by atomic mass is 9.93. The summed E-state index contributed by atoms with van der Waals surface area (Å²) in [5.74, 6) is -0.499. The van der Waals surface area contributed by atoms with Crippen molar-refractivity contribution in [2.75, 3.05) is 18.8 Å². The Labute approximate surface area is 174 Å². The number of anilines is 1. The van der Waals surface area contributed by atoms with Gasteiger partial charge in [-0.05, 0) is 66.3 Å². The van der Waals surface area contributed by atoms with Gasteiger partial charge in [-0.3, -0.25) is 4.79 Å². The van der Waals surface area contributed by atoms with Crippen molar-refractivity contribution in [3.63, 3.8) is 0 Å². The van der Waals surface area contributed by atoms with Crippen molar-refractivity contribution in [1.29, 1.82) is 0 Å². The second-order valence-corrected chi connectivity index (χ2v) is 7.91. The van der Waals surface area contributed by atoms with Crippen molar-refractivity contribution in [3.05, 3.63) is 71.2 Å². The Morgan fingerprint density at radius 2 is 1.87 bits per heavy atom. The van der Waals surface area contributed by atoms with Gasteiger partial charge in [0.25, 0.3) is 5.91 Å². The van der Waals surface area contributed by atoms with Crippen molar-refractivity contribution >= 4 is 11.7 Å². The highest BCUT2D eigenvalue weighted by atomic mass is 19.1. The van der Waals surface area contributed by atoms with Gasteiger partial charge in [0.1, 0.15) is 5.82 Å². The Balaban J connectivity index is 1.57. The Morgan fingerprint density at radius 1 is 1.00 bits per heavy atom. The first kappa shape index (κ1) is 18.8. The normalized spacial score (nSPS) is 18.2. The van der Waals surface area contributed by atoms with Crippen LogP contribution in [0.4, 0.5) is 10.2 Å². The van der Waals surface area contributed by atoms with Gasteiger partial charge in [-0.15, -0.1) is 0 Å². The number of aromatic nitrogens is 1. The van der Waals surface area contributed by atoms with Gasteiger partial charge in [0.05, 0.1) is 0 Å². The molecule has 2 aromatic carbocycles. The van der Waals surface area contributed by atoms with Crippen LogP contribution in [-0.4, -0.2) is 24.0 Å². The summed E-state index contributed by atoms with van der Waals surface area (Å²) in [6.07, 6.45) is 2.99. The van der Waals surface area contributed by atoms with E-state index >= 15 is 0 Å². The van der Waals surface area contributed by atoms with Crippen molar-refractivity contribution in [2.24, 2.45) is 0 Å². The number of carbonyl (C=O) groups is 1. The number of nitrogens with zero attached hydrogens (tertiary/aromatic N) is 1. The summed E-state index contributed by atoms with van der Waals surface area (Å²) < 4.78 is 14.8. The first-order chi connectivity index (χ1) is 14.6. The lowest BCUT2D eigenvalue weighted by molar-refractivity contribution is 0.0946. The van der Waals surface area contributed by atoms with Crippen LogP contribution in [0.3, 0.4) is 0 Å². The maximum Gasteiger partial charge on any atom is 0.251 e. The van der Waals surface area contributed by atoms with Crippen LogP contribution in [-0.2, 0) is 6.42 Å². The smallest absolute Gasteiger partial charge is 0.251 e. The van der Waals surface area contributed by atoms with Crippen LogP contribution in [0, 0.1) is 5.95 Å². The second kappa shape index (κ2) is 7.54. The van der Waals surface area contributed by atoms with Gasteiger partial charge in [-0.25, -0.2) is 4.98 Å². The van der Waals surface area contributed by atoms with Crippen LogP contribution in [0.15, 0.2) is 48.5 Å². The number of nitrogens with one attached hydrogen (secondary N) is 2. The quantitative estimate of drug-likeness (QED) is 0.582. The zero-order valence-corrected chi connectivity index (χ0v) is 16.5. The van der Waals surface area contributed by atoms with Crippen LogP contribution >= 0.6 is 0 Å². The molecule has 1 amide bonds. The van der Waals surface area contributed by atoms with Crippen LogP contribution in [0.25, 0.3) is 22.3 Å². The van der Waals surface area contributed by atoms with E-state index in [0.29, 0.717) is 29.3 Å². The van der Waals surface area contributed by atoms with E-state index in [1.165, 1.54) is 0 Å². The Kier molecular flexibility index (Phi) is 4.71. The Bertz CT molecular complexity index is 1140. The molecule has 0 saturated carbocycles. The summed E-state index contributed by atoms with van der Waals surface area (Å²) >= 11 is 0. The number of fused-ring (bicyclic) bond motifs is 1. The number of halogens is 1. The van der Waals surface area contributed by atoms with Crippen molar-refractivity contribution in [3.8, 4) is 22.3 Å². The van der Waals surface area contributed by atoms with E-state index in [2.05, 4.69) is 21.7 Å². The highest BCUT2D eigenvalue weighted by Gasteiger charge is 2.20. The molecule has 6 heteroatoms. The average Bonchev–Trinajstić information content (AvgIpc) is 3.29. The number of hydrogen-bond acceptors (Lipinski definition) is 4. The van der Waals surface area contributed by atoms with Gasteiger partial charge in [-0.2, -0.15) is 4.39 Å². The molecule has 0 radical (unpaired) electrons. The molecule has 4 N–H and O–H groups in total. The molecule has 0 aliphatic carbocycles. The number of nitrogens with two attached hydrogens (primary N) is 1. The number of rotatable bonds is 3. The minimum Gasteiger partial charge on any atom is -0.383 e. The zero-order chi connectivity index (χ0) is 20.7.